The SMILES string of the molecule is O=C(/C=C/c1cn(-c2ccccc2)nc1-c1ccc(Cl)cc1)c1ccc(-c2ccc(Cl)cc2Cl)o1. The Kier molecular flexibility index (Phi) is 6.60. The molecule has 0 aliphatic rings. The van der Waals surface area contributed by atoms with Crippen molar-refractivity contribution in [2.75, 3.05) is 0 Å². The zero-order chi connectivity index (χ0) is 24.4. The van der Waals surface area contributed by atoms with Crippen LogP contribution in [0, 0.1) is 0 Å². The highest BCUT2D eigenvalue weighted by Gasteiger charge is 2.14. The fourth-order valence-electron chi connectivity index (χ4n) is 3.61. The number of hydrogen-bond acceptors (Lipinski definition) is 3. The van der Waals surface area contributed by atoms with Crippen molar-refractivity contribution in [2.24, 2.45) is 0 Å². The molecule has 0 aliphatic carbocycles. The first-order valence-corrected chi connectivity index (χ1v) is 11.8. The van der Waals surface area contributed by atoms with E-state index in [1.54, 1.807) is 41.1 Å². The predicted molar refractivity (Wildman–Crippen MR) is 142 cm³/mol. The van der Waals surface area contributed by atoms with Gasteiger partial charge in [-0.1, -0.05) is 65.1 Å². The molecule has 0 aliphatic heterocycles. The summed E-state index contributed by atoms with van der Waals surface area (Å²) in [6.45, 7) is 0. The maximum absolute atomic E-state index is 12.9. The molecule has 35 heavy (non-hydrogen) atoms. The Bertz CT molecular complexity index is 1530. The summed E-state index contributed by atoms with van der Waals surface area (Å²) in [5.41, 5.74) is 3.95. The van der Waals surface area contributed by atoms with Crippen molar-refractivity contribution in [1.29, 1.82) is 0 Å². The van der Waals surface area contributed by atoms with Crippen molar-refractivity contribution in [3.8, 4) is 28.3 Å². The fourth-order valence-corrected chi connectivity index (χ4v) is 4.23. The number of rotatable bonds is 6. The van der Waals surface area contributed by atoms with Crippen molar-refractivity contribution in [1.82, 2.24) is 9.78 Å². The number of carbonyl (C=O) groups is 1. The van der Waals surface area contributed by atoms with Gasteiger partial charge in [0.05, 0.1) is 16.4 Å². The summed E-state index contributed by atoms with van der Waals surface area (Å²) in [5, 5.41) is 6.36. The summed E-state index contributed by atoms with van der Waals surface area (Å²) < 4.78 is 7.56. The average molecular weight is 520 g/mol. The van der Waals surface area contributed by atoms with E-state index in [9.17, 15) is 4.79 Å². The number of halogens is 3. The molecule has 5 aromatic rings. The number of carbonyl (C=O) groups excluding carboxylic acids is 1. The van der Waals surface area contributed by atoms with Crippen LogP contribution in [0.4, 0.5) is 0 Å². The summed E-state index contributed by atoms with van der Waals surface area (Å²) in [5.74, 6) is 0.406. The molecular weight excluding hydrogens is 503 g/mol. The largest absolute Gasteiger partial charge is 0.453 e. The fraction of sp³-hybridized carbons (Fsp3) is 0. The van der Waals surface area contributed by atoms with Gasteiger partial charge >= 0.3 is 0 Å². The Morgan fingerprint density at radius 3 is 2.34 bits per heavy atom. The van der Waals surface area contributed by atoms with Crippen LogP contribution in [0.1, 0.15) is 16.1 Å². The molecule has 2 heterocycles. The predicted octanol–water partition coefficient (Wildman–Crippen LogP) is 8.66. The second-order valence-electron chi connectivity index (χ2n) is 7.71. The molecule has 2 aromatic heterocycles. The van der Waals surface area contributed by atoms with Gasteiger partial charge in [0.25, 0.3) is 0 Å². The molecular formula is C28H17Cl3N2O2. The van der Waals surface area contributed by atoms with Gasteiger partial charge in [-0.05, 0) is 66.7 Å². The summed E-state index contributed by atoms with van der Waals surface area (Å²) in [4.78, 5) is 12.9. The van der Waals surface area contributed by atoms with Crippen LogP contribution in [0.2, 0.25) is 15.1 Å². The van der Waals surface area contributed by atoms with E-state index in [1.165, 1.54) is 6.08 Å². The zero-order valence-electron chi connectivity index (χ0n) is 18.2. The van der Waals surface area contributed by atoms with Gasteiger partial charge in [0, 0.05) is 32.9 Å². The molecule has 4 nitrogen and oxygen atoms in total. The molecule has 7 heteroatoms. The van der Waals surface area contributed by atoms with Gasteiger partial charge < -0.3 is 4.42 Å². The normalized spacial score (nSPS) is 11.3. The first kappa shape index (κ1) is 23.2. The highest BCUT2D eigenvalue weighted by atomic mass is 35.5. The molecule has 0 spiro atoms. The lowest BCUT2D eigenvalue weighted by Crippen LogP contribution is -1.93. The number of furan rings is 1. The molecule has 172 valence electrons. The topological polar surface area (TPSA) is 48.0 Å². The van der Waals surface area contributed by atoms with Crippen molar-refractivity contribution in [2.45, 2.75) is 0 Å². The molecule has 0 atom stereocenters. The van der Waals surface area contributed by atoms with E-state index in [1.807, 2.05) is 60.8 Å². The molecule has 0 N–H and O–H groups in total. The summed E-state index contributed by atoms with van der Waals surface area (Å²) >= 11 is 18.3. The minimum Gasteiger partial charge on any atom is -0.453 e. The van der Waals surface area contributed by atoms with E-state index >= 15 is 0 Å². The maximum atomic E-state index is 12.9. The Morgan fingerprint density at radius 1 is 0.857 bits per heavy atom. The molecule has 0 fully saturated rings. The minimum absolute atomic E-state index is 0.200. The van der Waals surface area contributed by atoms with E-state index in [4.69, 9.17) is 44.3 Å². The van der Waals surface area contributed by atoms with Gasteiger partial charge in [-0.2, -0.15) is 5.10 Å². The quantitative estimate of drug-likeness (QED) is 0.167. The van der Waals surface area contributed by atoms with Gasteiger partial charge in [-0.15, -0.1) is 0 Å². The third kappa shape index (κ3) is 5.10. The highest BCUT2D eigenvalue weighted by molar-refractivity contribution is 6.36. The Morgan fingerprint density at radius 2 is 1.60 bits per heavy atom. The Hall–Kier alpha value is -3.57. The van der Waals surface area contributed by atoms with E-state index in [-0.39, 0.29) is 11.5 Å². The van der Waals surface area contributed by atoms with E-state index in [0.29, 0.717) is 26.4 Å². The number of nitrogens with zero attached hydrogens (tertiary/aromatic N) is 2. The smallest absolute Gasteiger partial charge is 0.221 e. The average Bonchev–Trinajstić information content (AvgIpc) is 3.52. The third-order valence-corrected chi connectivity index (χ3v) is 6.14. The van der Waals surface area contributed by atoms with E-state index < -0.39 is 0 Å². The molecule has 3 aromatic carbocycles. The zero-order valence-corrected chi connectivity index (χ0v) is 20.4. The molecule has 0 amide bonds. The van der Waals surface area contributed by atoms with Gasteiger partial charge in [-0.3, -0.25) is 4.79 Å². The third-order valence-electron chi connectivity index (χ3n) is 5.34. The van der Waals surface area contributed by atoms with Crippen LogP contribution in [0.25, 0.3) is 34.3 Å². The van der Waals surface area contributed by atoms with E-state index in [2.05, 4.69) is 0 Å². The highest BCUT2D eigenvalue weighted by Crippen LogP contribution is 2.32. The molecule has 0 bridgehead atoms. The van der Waals surface area contributed by atoms with Crippen molar-refractivity contribution in [3.05, 3.63) is 124 Å². The number of para-hydroxylation sites is 1. The van der Waals surface area contributed by atoms with Crippen LogP contribution >= 0.6 is 34.8 Å². The van der Waals surface area contributed by atoms with Crippen LogP contribution < -0.4 is 0 Å². The monoisotopic (exact) mass is 518 g/mol. The van der Waals surface area contributed by atoms with Gasteiger partial charge in [0.2, 0.25) is 5.78 Å². The van der Waals surface area contributed by atoms with Crippen molar-refractivity contribution in [3.63, 3.8) is 0 Å². The molecule has 5 rings (SSSR count). The summed E-state index contributed by atoms with van der Waals surface area (Å²) in [6.07, 6.45) is 5.08. The Balaban J connectivity index is 1.46. The second kappa shape index (κ2) is 9.96. The molecule has 0 radical (unpaired) electrons. The summed E-state index contributed by atoms with van der Waals surface area (Å²) in [6, 6.07) is 25.6. The first-order valence-electron chi connectivity index (χ1n) is 10.7. The van der Waals surface area contributed by atoms with Crippen LogP contribution in [-0.4, -0.2) is 15.6 Å². The maximum Gasteiger partial charge on any atom is 0.221 e. The van der Waals surface area contributed by atoms with E-state index in [0.717, 1.165) is 22.5 Å². The molecule has 0 saturated heterocycles. The number of benzene rings is 3. The van der Waals surface area contributed by atoms with Crippen LogP contribution in [0.3, 0.4) is 0 Å². The van der Waals surface area contributed by atoms with Gasteiger partial charge in [0.15, 0.2) is 5.76 Å². The molecule has 0 unspecified atom stereocenters. The number of aromatic nitrogens is 2. The second-order valence-corrected chi connectivity index (χ2v) is 8.99. The molecule has 0 saturated carbocycles. The Labute approximate surface area is 217 Å². The first-order chi connectivity index (χ1) is 17.0. The minimum atomic E-state index is -0.282. The van der Waals surface area contributed by atoms with Crippen molar-refractivity contribution < 1.29 is 9.21 Å². The standard InChI is InChI=1S/C28H17Cl3N2O2/c29-20-9-6-18(7-10-20)28-19(17-33(32-28)22-4-2-1-3-5-22)8-13-25(34)27-15-14-26(35-27)23-12-11-21(30)16-24(23)31/h1-17H/b13-8+. The van der Waals surface area contributed by atoms with Crippen LogP contribution in [0.15, 0.2) is 102 Å². The van der Waals surface area contributed by atoms with Gasteiger partial charge in [0.1, 0.15) is 5.76 Å². The lowest BCUT2D eigenvalue weighted by molar-refractivity contribution is 0.102. The number of allylic oxidation sites excluding steroid dienone is 1. The number of ketones is 1. The van der Waals surface area contributed by atoms with Gasteiger partial charge in [-0.25, -0.2) is 4.68 Å². The number of hydrogen-bond donors (Lipinski definition) is 0. The van der Waals surface area contributed by atoms with Crippen LogP contribution in [-0.2, 0) is 0 Å². The van der Waals surface area contributed by atoms with Crippen molar-refractivity contribution >= 4 is 46.7 Å². The summed E-state index contributed by atoms with van der Waals surface area (Å²) in [7, 11) is 0. The lowest BCUT2D eigenvalue weighted by Gasteiger charge is -2.01. The van der Waals surface area contributed by atoms with Crippen LogP contribution in [0.5, 0.6) is 0 Å². The lowest BCUT2D eigenvalue weighted by atomic mass is 10.1.